The Bertz CT molecular complexity index is 496. The minimum atomic E-state index is -4.75. The zero-order chi connectivity index (χ0) is 14.2. The normalized spacial score (nSPS) is 16.1. The molecule has 2 rings (SSSR count). The lowest BCUT2D eigenvalue weighted by molar-refractivity contribution is -0.274. The van der Waals surface area contributed by atoms with Crippen molar-refractivity contribution in [1.29, 1.82) is 0 Å². The SMILES string of the molecule is O=C1CCCN1c1c(Br)cc(OC(F)(F)F)cc1Br. The van der Waals surface area contributed by atoms with Crippen LogP contribution >= 0.6 is 31.9 Å². The van der Waals surface area contributed by atoms with E-state index < -0.39 is 6.36 Å². The zero-order valence-corrected chi connectivity index (χ0v) is 12.6. The Morgan fingerprint density at radius 2 is 1.79 bits per heavy atom. The van der Waals surface area contributed by atoms with Crippen molar-refractivity contribution in [1.82, 2.24) is 0 Å². The summed E-state index contributed by atoms with van der Waals surface area (Å²) in [5.41, 5.74) is 0.525. The van der Waals surface area contributed by atoms with Gasteiger partial charge in [-0.15, -0.1) is 13.2 Å². The van der Waals surface area contributed by atoms with Crippen LogP contribution in [0.15, 0.2) is 21.1 Å². The number of anilines is 1. The van der Waals surface area contributed by atoms with Crippen LogP contribution in [0.25, 0.3) is 0 Å². The number of ether oxygens (including phenoxy) is 1. The van der Waals surface area contributed by atoms with Gasteiger partial charge in [-0.1, -0.05) is 0 Å². The van der Waals surface area contributed by atoms with Gasteiger partial charge in [-0.3, -0.25) is 4.79 Å². The lowest BCUT2D eigenvalue weighted by Crippen LogP contribution is -2.24. The molecule has 1 heterocycles. The van der Waals surface area contributed by atoms with Crippen molar-refractivity contribution in [2.24, 2.45) is 0 Å². The number of hydrogen-bond donors (Lipinski definition) is 0. The smallest absolute Gasteiger partial charge is 0.406 e. The van der Waals surface area contributed by atoms with Gasteiger partial charge in [-0.2, -0.15) is 0 Å². The van der Waals surface area contributed by atoms with E-state index in [-0.39, 0.29) is 11.7 Å². The molecule has 0 bridgehead atoms. The first kappa shape index (κ1) is 14.6. The number of carbonyl (C=O) groups excluding carboxylic acids is 1. The number of nitrogens with zero attached hydrogens (tertiary/aromatic N) is 1. The van der Waals surface area contributed by atoms with Crippen molar-refractivity contribution in [3.8, 4) is 5.75 Å². The maximum atomic E-state index is 12.2. The van der Waals surface area contributed by atoms with Gasteiger partial charge in [0.1, 0.15) is 5.75 Å². The second-order valence-electron chi connectivity index (χ2n) is 3.93. The summed E-state index contributed by atoms with van der Waals surface area (Å²) in [6.45, 7) is 0.551. The van der Waals surface area contributed by atoms with E-state index in [9.17, 15) is 18.0 Å². The second-order valence-corrected chi connectivity index (χ2v) is 5.64. The molecule has 1 fully saturated rings. The summed E-state index contributed by atoms with van der Waals surface area (Å²) >= 11 is 6.34. The highest BCUT2D eigenvalue weighted by Gasteiger charge is 2.32. The van der Waals surface area contributed by atoms with Crippen molar-refractivity contribution < 1.29 is 22.7 Å². The van der Waals surface area contributed by atoms with Gasteiger partial charge in [0.25, 0.3) is 0 Å². The predicted molar refractivity (Wildman–Crippen MR) is 70.1 cm³/mol. The molecule has 8 heteroatoms. The fourth-order valence-electron chi connectivity index (χ4n) is 1.88. The molecule has 0 radical (unpaired) electrons. The van der Waals surface area contributed by atoms with Crippen LogP contribution < -0.4 is 9.64 Å². The van der Waals surface area contributed by atoms with Crippen molar-refractivity contribution in [2.75, 3.05) is 11.4 Å². The summed E-state index contributed by atoms with van der Waals surface area (Å²) in [4.78, 5) is 13.2. The van der Waals surface area contributed by atoms with Gasteiger partial charge in [-0.05, 0) is 50.4 Å². The first-order valence-corrected chi connectivity index (χ1v) is 6.91. The van der Waals surface area contributed by atoms with E-state index in [1.807, 2.05) is 0 Å². The molecule has 1 aromatic carbocycles. The zero-order valence-electron chi connectivity index (χ0n) is 9.43. The van der Waals surface area contributed by atoms with Crippen molar-refractivity contribution in [3.63, 3.8) is 0 Å². The maximum absolute atomic E-state index is 12.2. The number of carbonyl (C=O) groups is 1. The molecule has 3 nitrogen and oxygen atoms in total. The number of halogens is 5. The van der Waals surface area contributed by atoms with Crippen molar-refractivity contribution in [3.05, 3.63) is 21.1 Å². The molecule has 0 aliphatic carbocycles. The highest BCUT2D eigenvalue weighted by atomic mass is 79.9. The lowest BCUT2D eigenvalue weighted by atomic mass is 10.3. The molecule has 1 aliphatic rings. The van der Waals surface area contributed by atoms with Gasteiger partial charge >= 0.3 is 6.36 Å². The number of benzene rings is 1. The number of hydrogen-bond acceptors (Lipinski definition) is 2. The highest BCUT2D eigenvalue weighted by molar-refractivity contribution is 9.11. The summed E-state index contributed by atoms with van der Waals surface area (Å²) < 4.78 is 41.0. The Morgan fingerprint density at radius 3 is 2.21 bits per heavy atom. The topological polar surface area (TPSA) is 29.5 Å². The molecular weight excluding hydrogens is 395 g/mol. The monoisotopic (exact) mass is 401 g/mol. The van der Waals surface area contributed by atoms with Crippen molar-refractivity contribution in [2.45, 2.75) is 19.2 Å². The molecule has 1 saturated heterocycles. The third-order valence-electron chi connectivity index (χ3n) is 2.57. The van der Waals surface area contributed by atoms with Gasteiger partial charge in [0, 0.05) is 21.9 Å². The van der Waals surface area contributed by atoms with Crippen LogP contribution in [-0.4, -0.2) is 18.8 Å². The molecule has 0 saturated carbocycles. The minimum absolute atomic E-state index is 0.0501. The van der Waals surface area contributed by atoms with Crippen LogP contribution in [0.2, 0.25) is 0 Å². The van der Waals surface area contributed by atoms with E-state index in [1.165, 1.54) is 17.0 Å². The molecule has 0 aromatic heterocycles. The first-order chi connectivity index (χ1) is 8.78. The molecular formula is C11H8Br2F3NO2. The van der Waals surface area contributed by atoms with E-state index in [4.69, 9.17) is 0 Å². The number of amides is 1. The highest BCUT2D eigenvalue weighted by Crippen LogP contribution is 2.40. The fourth-order valence-corrected chi connectivity index (χ4v) is 3.45. The lowest BCUT2D eigenvalue weighted by Gasteiger charge is -2.20. The average molecular weight is 403 g/mol. The Labute approximate surface area is 124 Å². The Balaban J connectivity index is 2.35. The van der Waals surface area contributed by atoms with Gasteiger partial charge in [-0.25, -0.2) is 0 Å². The number of alkyl halides is 3. The Kier molecular flexibility index (Phi) is 4.10. The Hall–Kier alpha value is -0.760. The second kappa shape index (κ2) is 5.32. The largest absolute Gasteiger partial charge is 0.573 e. The van der Waals surface area contributed by atoms with E-state index >= 15 is 0 Å². The fraction of sp³-hybridized carbons (Fsp3) is 0.364. The predicted octanol–water partition coefficient (Wildman–Crippen LogP) is 4.24. The van der Waals surface area contributed by atoms with Crippen LogP contribution in [-0.2, 0) is 4.79 Å². The Morgan fingerprint density at radius 1 is 1.21 bits per heavy atom. The molecule has 1 aliphatic heterocycles. The molecule has 1 amide bonds. The maximum Gasteiger partial charge on any atom is 0.573 e. The van der Waals surface area contributed by atoms with Gasteiger partial charge in [0.15, 0.2) is 0 Å². The van der Waals surface area contributed by atoms with E-state index in [2.05, 4.69) is 36.6 Å². The summed E-state index contributed by atoms with van der Waals surface area (Å²) in [5.74, 6) is -0.396. The van der Waals surface area contributed by atoms with Gasteiger partial charge in [0.05, 0.1) is 5.69 Å². The van der Waals surface area contributed by atoms with Crippen LogP contribution in [0.5, 0.6) is 5.75 Å². The van der Waals surface area contributed by atoms with E-state index in [0.29, 0.717) is 27.6 Å². The van der Waals surface area contributed by atoms with Gasteiger partial charge < -0.3 is 9.64 Å². The molecule has 104 valence electrons. The minimum Gasteiger partial charge on any atom is -0.406 e. The quantitative estimate of drug-likeness (QED) is 0.740. The average Bonchev–Trinajstić information content (AvgIpc) is 2.61. The third-order valence-corrected chi connectivity index (χ3v) is 3.78. The van der Waals surface area contributed by atoms with Crippen LogP contribution in [0.3, 0.4) is 0 Å². The molecule has 1 aromatic rings. The first-order valence-electron chi connectivity index (χ1n) is 5.33. The standard InChI is InChI=1S/C11H8Br2F3NO2/c12-7-4-6(19-11(14,15)16)5-8(13)10(7)17-3-1-2-9(17)18/h4-5H,1-3H2. The molecule has 0 N–H and O–H groups in total. The summed E-state index contributed by atoms with van der Waals surface area (Å²) in [7, 11) is 0. The van der Waals surface area contributed by atoms with Crippen LogP contribution in [0.4, 0.5) is 18.9 Å². The molecule has 0 unspecified atom stereocenters. The van der Waals surface area contributed by atoms with Crippen LogP contribution in [0.1, 0.15) is 12.8 Å². The molecule has 0 atom stereocenters. The molecule has 19 heavy (non-hydrogen) atoms. The van der Waals surface area contributed by atoms with E-state index in [0.717, 1.165) is 6.42 Å². The summed E-state index contributed by atoms with van der Waals surface area (Å²) in [6, 6.07) is 2.39. The third kappa shape index (κ3) is 3.42. The van der Waals surface area contributed by atoms with Gasteiger partial charge in [0.2, 0.25) is 5.91 Å². The summed E-state index contributed by atoms with van der Waals surface area (Å²) in [5, 5.41) is 0. The number of rotatable bonds is 2. The van der Waals surface area contributed by atoms with Crippen LogP contribution in [0, 0.1) is 0 Å². The van der Waals surface area contributed by atoms with E-state index in [1.54, 1.807) is 0 Å². The van der Waals surface area contributed by atoms with Crippen molar-refractivity contribution >= 4 is 43.5 Å². The summed E-state index contributed by atoms with van der Waals surface area (Å²) in [6.07, 6.45) is -3.57. The molecule has 0 spiro atoms.